The molecule has 0 saturated carbocycles. The highest BCUT2D eigenvalue weighted by Gasteiger charge is 2.23. The van der Waals surface area contributed by atoms with E-state index in [0.29, 0.717) is 22.6 Å². The third-order valence-electron chi connectivity index (χ3n) is 5.96. The number of hydrogen-bond acceptors (Lipinski definition) is 5. The van der Waals surface area contributed by atoms with Crippen molar-refractivity contribution in [1.29, 1.82) is 0 Å². The van der Waals surface area contributed by atoms with Gasteiger partial charge >= 0.3 is 0 Å². The van der Waals surface area contributed by atoms with Gasteiger partial charge in [-0.1, -0.05) is 12.1 Å². The number of nitrogens with zero attached hydrogens (tertiary/aromatic N) is 1. The molecule has 0 amide bonds. The van der Waals surface area contributed by atoms with Gasteiger partial charge in [0.1, 0.15) is 23.0 Å². The summed E-state index contributed by atoms with van der Waals surface area (Å²) < 4.78 is 6.34. The fraction of sp³-hybridized carbons (Fsp3) is 0.172. The van der Waals surface area contributed by atoms with E-state index < -0.39 is 0 Å². The molecule has 4 rings (SSSR count). The van der Waals surface area contributed by atoms with E-state index in [4.69, 9.17) is 4.74 Å². The Morgan fingerprint density at radius 3 is 1.71 bits per heavy atom. The maximum absolute atomic E-state index is 10.6. The number of hydrogen-bond donors (Lipinski definition) is 3. The Labute approximate surface area is 200 Å². The molecule has 0 atom stereocenters. The lowest BCUT2D eigenvalue weighted by Crippen LogP contribution is -2.14. The molecule has 0 aliphatic heterocycles. The third kappa shape index (κ3) is 4.37. The van der Waals surface area contributed by atoms with Crippen LogP contribution in [-0.4, -0.2) is 15.3 Å². The van der Waals surface area contributed by atoms with Gasteiger partial charge in [0, 0.05) is 11.1 Å². The zero-order valence-electron chi connectivity index (χ0n) is 20.0. The summed E-state index contributed by atoms with van der Waals surface area (Å²) in [7, 11) is 0. The number of rotatable bonds is 5. The van der Waals surface area contributed by atoms with Gasteiger partial charge in [-0.05, 0) is 106 Å². The Bertz CT molecular complexity index is 1320. The molecular formula is C29H29NO4. The van der Waals surface area contributed by atoms with Gasteiger partial charge in [-0.15, -0.1) is 0 Å². The molecular weight excluding hydrogens is 426 g/mol. The van der Waals surface area contributed by atoms with Gasteiger partial charge in [0.25, 0.3) is 0 Å². The minimum Gasteiger partial charge on any atom is -0.508 e. The largest absolute Gasteiger partial charge is 0.508 e. The monoisotopic (exact) mass is 455 g/mol. The zero-order valence-corrected chi connectivity index (χ0v) is 20.0. The summed E-state index contributed by atoms with van der Waals surface area (Å²) in [6.45, 7) is 9.49. The first-order valence-corrected chi connectivity index (χ1v) is 11.1. The fourth-order valence-electron chi connectivity index (χ4n) is 4.09. The Hall–Kier alpha value is -4.12. The smallest absolute Gasteiger partial charge is 0.151 e. The molecule has 4 aromatic carbocycles. The number of aryl methyl sites for hydroxylation is 3. The summed E-state index contributed by atoms with van der Waals surface area (Å²) in [6.07, 6.45) is 0. The molecule has 4 aromatic rings. The molecule has 34 heavy (non-hydrogen) atoms. The maximum Gasteiger partial charge on any atom is 0.151 e. The van der Waals surface area contributed by atoms with Crippen molar-refractivity contribution >= 4 is 17.1 Å². The van der Waals surface area contributed by atoms with E-state index in [0.717, 1.165) is 33.8 Å². The number of phenolic OH excluding ortho intramolecular Hbond substituents is 3. The van der Waals surface area contributed by atoms with E-state index in [2.05, 4.69) is 0 Å². The van der Waals surface area contributed by atoms with Crippen molar-refractivity contribution in [1.82, 2.24) is 0 Å². The molecule has 0 spiro atoms. The first kappa shape index (κ1) is 23.1. The van der Waals surface area contributed by atoms with E-state index in [9.17, 15) is 15.3 Å². The number of benzene rings is 4. The van der Waals surface area contributed by atoms with Gasteiger partial charge in [0.15, 0.2) is 5.75 Å². The number of ether oxygens (including phenoxy) is 1. The molecule has 0 unspecified atom stereocenters. The van der Waals surface area contributed by atoms with Crippen LogP contribution in [0.3, 0.4) is 0 Å². The molecule has 3 N–H and O–H groups in total. The number of aromatic hydroxyl groups is 3. The highest BCUT2D eigenvalue weighted by atomic mass is 16.5. The van der Waals surface area contributed by atoms with Crippen LogP contribution in [0.5, 0.6) is 28.7 Å². The molecule has 5 heteroatoms. The minimum atomic E-state index is 0.177. The van der Waals surface area contributed by atoms with Gasteiger partial charge in [0.05, 0.1) is 17.1 Å². The summed E-state index contributed by atoms with van der Waals surface area (Å²) in [5.74, 6) is 1.79. The lowest BCUT2D eigenvalue weighted by molar-refractivity contribution is 0.462. The van der Waals surface area contributed by atoms with E-state index in [1.807, 2.05) is 75.9 Å². The Morgan fingerprint density at radius 2 is 1.15 bits per heavy atom. The van der Waals surface area contributed by atoms with Crippen molar-refractivity contribution in [2.75, 3.05) is 4.90 Å². The van der Waals surface area contributed by atoms with Gasteiger partial charge in [-0.2, -0.15) is 0 Å². The number of para-hydroxylation sites is 2. The highest BCUT2D eigenvalue weighted by Crippen LogP contribution is 2.47. The van der Waals surface area contributed by atoms with Crippen LogP contribution in [0.2, 0.25) is 0 Å². The van der Waals surface area contributed by atoms with Gasteiger partial charge < -0.3 is 25.0 Å². The summed E-state index contributed by atoms with van der Waals surface area (Å²) in [5.41, 5.74) is 6.35. The normalized spacial score (nSPS) is 10.9. The molecule has 5 nitrogen and oxygen atoms in total. The topological polar surface area (TPSA) is 73.2 Å². The van der Waals surface area contributed by atoms with E-state index >= 15 is 0 Å². The van der Waals surface area contributed by atoms with Crippen molar-refractivity contribution in [3.63, 3.8) is 0 Å². The highest BCUT2D eigenvalue weighted by molar-refractivity contribution is 5.85. The van der Waals surface area contributed by atoms with Crippen LogP contribution in [0.1, 0.15) is 27.8 Å². The SMILES string of the molecule is Cc1cc(O)c(C)c(N(c2ccccc2Oc2ccc(O)cc2C)c2cc(C)cc(O)c2C)c1. The predicted molar refractivity (Wildman–Crippen MR) is 136 cm³/mol. The minimum absolute atomic E-state index is 0.177. The zero-order chi connectivity index (χ0) is 24.6. The molecule has 0 heterocycles. The third-order valence-corrected chi connectivity index (χ3v) is 5.96. The average molecular weight is 456 g/mol. The van der Waals surface area contributed by atoms with Crippen molar-refractivity contribution in [2.45, 2.75) is 34.6 Å². The van der Waals surface area contributed by atoms with Crippen molar-refractivity contribution in [3.05, 3.63) is 94.5 Å². The lowest BCUT2D eigenvalue weighted by Gasteiger charge is -2.31. The Kier molecular flexibility index (Phi) is 6.12. The lowest BCUT2D eigenvalue weighted by atomic mass is 10.0. The van der Waals surface area contributed by atoms with Crippen LogP contribution < -0.4 is 9.64 Å². The van der Waals surface area contributed by atoms with Crippen molar-refractivity contribution in [2.24, 2.45) is 0 Å². The van der Waals surface area contributed by atoms with Crippen LogP contribution >= 0.6 is 0 Å². The molecule has 0 aliphatic carbocycles. The molecule has 0 radical (unpaired) electrons. The maximum atomic E-state index is 10.6. The molecule has 0 saturated heterocycles. The quantitative estimate of drug-likeness (QED) is 0.289. The van der Waals surface area contributed by atoms with Crippen LogP contribution in [0.25, 0.3) is 0 Å². The van der Waals surface area contributed by atoms with Crippen LogP contribution in [0, 0.1) is 34.6 Å². The summed E-state index contributed by atoms with van der Waals surface area (Å²) >= 11 is 0. The van der Waals surface area contributed by atoms with Gasteiger partial charge in [-0.25, -0.2) is 0 Å². The second-order valence-electron chi connectivity index (χ2n) is 8.71. The van der Waals surface area contributed by atoms with Crippen LogP contribution in [0.15, 0.2) is 66.7 Å². The summed E-state index contributed by atoms with van der Waals surface area (Å²) in [6, 6.07) is 20.1. The van der Waals surface area contributed by atoms with E-state index in [1.165, 1.54) is 0 Å². The van der Waals surface area contributed by atoms with Crippen molar-refractivity contribution < 1.29 is 20.1 Å². The first-order valence-electron chi connectivity index (χ1n) is 11.1. The molecule has 0 aromatic heterocycles. The number of anilines is 3. The van der Waals surface area contributed by atoms with Gasteiger partial charge in [-0.3, -0.25) is 0 Å². The Morgan fingerprint density at radius 1 is 0.588 bits per heavy atom. The average Bonchev–Trinajstić information content (AvgIpc) is 2.78. The summed E-state index contributed by atoms with van der Waals surface area (Å²) in [5, 5.41) is 31.1. The molecule has 0 bridgehead atoms. The number of phenols is 3. The fourth-order valence-corrected chi connectivity index (χ4v) is 4.09. The van der Waals surface area contributed by atoms with E-state index in [-0.39, 0.29) is 17.2 Å². The van der Waals surface area contributed by atoms with Gasteiger partial charge in [0.2, 0.25) is 0 Å². The first-order chi connectivity index (χ1) is 16.2. The van der Waals surface area contributed by atoms with E-state index in [1.54, 1.807) is 30.3 Å². The standard InChI is InChI=1S/C29H29NO4/c1-17-12-24(20(4)26(32)14-17)30(25-13-18(2)15-27(33)21(25)5)23-8-6-7-9-29(23)34-28-11-10-22(31)16-19(28)3/h6-16,31-33H,1-5H3. The second-order valence-corrected chi connectivity index (χ2v) is 8.71. The molecule has 0 fully saturated rings. The summed E-state index contributed by atoms with van der Waals surface area (Å²) in [4.78, 5) is 2.01. The van der Waals surface area contributed by atoms with Crippen LogP contribution in [-0.2, 0) is 0 Å². The van der Waals surface area contributed by atoms with Crippen LogP contribution in [0.4, 0.5) is 17.1 Å². The van der Waals surface area contributed by atoms with Crippen molar-refractivity contribution in [3.8, 4) is 28.7 Å². The second kappa shape index (κ2) is 9.02. The molecule has 0 aliphatic rings. The predicted octanol–water partition coefficient (Wildman–Crippen LogP) is 7.61. The molecule has 174 valence electrons. The Balaban J connectivity index is 1.98.